The van der Waals surface area contributed by atoms with E-state index in [4.69, 9.17) is 4.52 Å². The number of aromatic hydroxyl groups is 1. The molecule has 0 amide bonds. The molecule has 2 N–H and O–H groups in total. The predicted octanol–water partition coefficient (Wildman–Crippen LogP) is 3.61. The van der Waals surface area contributed by atoms with Crippen molar-refractivity contribution in [1.29, 1.82) is 0 Å². The first kappa shape index (κ1) is 14.1. The van der Waals surface area contributed by atoms with E-state index < -0.39 is 0 Å². The Bertz CT molecular complexity index is 561. The summed E-state index contributed by atoms with van der Waals surface area (Å²) in [6, 6.07) is 5.73. The van der Waals surface area contributed by atoms with E-state index in [9.17, 15) is 5.11 Å². The summed E-state index contributed by atoms with van der Waals surface area (Å²) in [5.41, 5.74) is 2.83. The first-order chi connectivity index (χ1) is 9.00. The molecule has 0 bridgehead atoms. The topological polar surface area (TPSA) is 58.3 Å². The van der Waals surface area contributed by atoms with E-state index in [0.717, 1.165) is 22.6 Å². The molecular weight excluding hydrogens is 308 g/mol. The summed E-state index contributed by atoms with van der Waals surface area (Å²) in [5, 5.41) is 17.3. The van der Waals surface area contributed by atoms with E-state index >= 15 is 0 Å². The summed E-state index contributed by atoms with van der Waals surface area (Å²) in [5.74, 6) is 1.11. The molecule has 0 aliphatic carbocycles. The van der Waals surface area contributed by atoms with Gasteiger partial charge in [-0.25, -0.2) is 0 Å². The highest BCUT2D eigenvalue weighted by molar-refractivity contribution is 9.10. The first-order valence-corrected chi connectivity index (χ1v) is 6.92. The Labute approximate surface area is 120 Å². The molecule has 0 saturated heterocycles. The van der Waals surface area contributed by atoms with Gasteiger partial charge in [-0.3, -0.25) is 0 Å². The molecule has 1 atom stereocenters. The zero-order valence-electron chi connectivity index (χ0n) is 11.2. The number of aryl methyl sites for hydroxylation is 2. The van der Waals surface area contributed by atoms with Crippen molar-refractivity contribution in [1.82, 2.24) is 10.5 Å². The Morgan fingerprint density at radius 3 is 2.79 bits per heavy atom. The average molecular weight is 325 g/mol. The zero-order valence-corrected chi connectivity index (χ0v) is 12.8. The fourth-order valence-electron chi connectivity index (χ4n) is 2.18. The van der Waals surface area contributed by atoms with Gasteiger partial charge >= 0.3 is 0 Å². The SMILES string of the molecule is Cc1noc(C)c1C(C)NCc1cccc(Br)c1O. The number of hydrogen-bond donors (Lipinski definition) is 2. The van der Waals surface area contributed by atoms with Crippen molar-refractivity contribution in [2.45, 2.75) is 33.4 Å². The third kappa shape index (κ3) is 2.98. The van der Waals surface area contributed by atoms with Gasteiger partial charge in [0, 0.05) is 23.7 Å². The minimum atomic E-state index is 0.115. The van der Waals surface area contributed by atoms with Crippen LogP contribution in [-0.4, -0.2) is 10.3 Å². The van der Waals surface area contributed by atoms with Crippen molar-refractivity contribution in [2.75, 3.05) is 0 Å². The van der Waals surface area contributed by atoms with Gasteiger partial charge in [-0.2, -0.15) is 0 Å². The molecule has 102 valence electrons. The maximum Gasteiger partial charge on any atom is 0.138 e. The Hall–Kier alpha value is -1.33. The van der Waals surface area contributed by atoms with Crippen LogP contribution in [0.1, 0.15) is 35.5 Å². The number of para-hydroxylation sites is 1. The van der Waals surface area contributed by atoms with Crippen LogP contribution in [0.15, 0.2) is 27.2 Å². The number of phenols is 1. The Morgan fingerprint density at radius 1 is 1.42 bits per heavy atom. The Kier molecular flexibility index (Phi) is 4.27. The Morgan fingerprint density at radius 2 is 2.16 bits per heavy atom. The lowest BCUT2D eigenvalue weighted by atomic mass is 10.1. The summed E-state index contributed by atoms with van der Waals surface area (Å²) < 4.78 is 5.87. The van der Waals surface area contributed by atoms with E-state index in [2.05, 4.69) is 33.3 Å². The third-order valence-corrected chi connectivity index (χ3v) is 3.83. The van der Waals surface area contributed by atoms with Crippen LogP contribution in [0.4, 0.5) is 0 Å². The molecule has 0 saturated carbocycles. The molecule has 2 aromatic rings. The van der Waals surface area contributed by atoms with Crippen LogP contribution in [0.25, 0.3) is 0 Å². The highest BCUT2D eigenvalue weighted by Gasteiger charge is 2.16. The summed E-state index contributed by atoms with van der Waals surface area (Å²) in [7, 11) is 0. The van der Waals surface area contributed by atoms with Gasteiger partial charge in [0.1, 0.15) is 11.5 Å². The maximum atomic E-state index is 9.93. The van der Waals surface area contributed by atoms with Crippen molar-refractivity contribution in [3.8, 4) is 5.75 Å². The van der Waals surface area contributed by atoms with Crippen LogP contribution in [0.2, 0.25) is 0 Å². The lowest BCUT2D eigenvalue weighted by Gasteiger charge is -2.14. The fraction of sp³-hybridized carbons (Fsp3) is 0.357. The van der Waals surface area contributed by atoms with Gasteiger partial charge in [-0.15, -0.1) is 0 Å². The third-order valence-electron chi connectivity index (χ3n) is 3.19. The monoisotopic (exact) mass is 324 g/mol. The largest absolute Gasteiger partial charge is 0.506 e. The lowest BCUT2D eigenvalue weighted by Crippen LogP contribution is -2.19. The molecule has 4 nitrogen and oxygen atoms in total. The molecule has 0 aliphatic heterocycles. The predicted molar refractivity (Wildman–Crippen MR) is 77.0 cm³/mol. The lowest BCUT2D eigenvalue weighted by molar-refractivity contribution is 0.390. The Balaban J connectivity index is 2.09. The normalized spacial score (nSPS) is 12.6. The van der Waals surface area contributed by atoms with Crippen molar-refractivity contribution in [3.05, 3.63) is 45.3 Å². The van der Waals surface area contributed by atoms with E-state index in [1.165, 1.54) is 0 Å². The second-order valence-electron chi connectivity index (χ2n) is 4.59. The second kappa shape index (κ2) is 5.75. The molecular formula is C14H17BrN2O2. The number of hydrogen-bond acceptors (Lipinski definition) is 4. The molecule has 0 radical (unpaired) electrons. The van der Waals surface area contributed by atoms with Crippen LogP contribution >= 0.6 is 15.9 Å². The van der Waals surface area contributed by atoms with Crippen molar-refractivity contribution in [2.24, 2.45) is 0 Å². The highest BCUT2D eigenvalue weighted by Crippen LogP contribution is 2.28. The van der Waals surface area contributed by atoms with Gasteiger partial charge < -0.3 is 14.9 Å². The van der Waals surface area contributed by atoms with E-state index in [0.29, 0.717) is 11.0 Å². The van der Waals surface area contributed by atoms with Crippen LogP contribution in [0.3, 0.4) is 0 Å². The maximum absolute atomic E-state index is 9.93. The molecule has 0 fully saturated rings. The van der Waals surface area contributed by atoms with Gasteiger partial charge in [-0.1, -0.05) is 17.3 Å². The summed E-state index contributed by atoms with van der Waals surface area (Å²) in [6.45, 7) is 6.47. The van der Waals surface area contributed by atoms with Gasteiger partial charge in [-0.05, 0) is 42.8 Å². The summed E-state index contributed by atoms with van der Waals surface area (Å²) in [6.07, 6.45) is 0. The fourth-order valence-corrected chi connectivity index (χ4v) is 2.58. The van der Waals surface area contributed by atoms with E-state index in [1.807, 2.05) is 32.0 Å². The molecule has 1 unspecified atom stereocenters. The van der Waals surface area contributed by atoms with Crippen LogP contribution in [0.5, 0.6) is 5.75 Å². The standard InChI is InChI=1S/C14H17BrN2O2/c1-8(13-9(2)17-19-10(13)3)16-7-11-5-4-6-12(15)14(11)18/h4-6,8,16,18H,7H2,1-3H3. The minimum absolute atomic E-state index is 0.115. The molecule has 0 spiro atoms. The van der Waals surface area contributed by atoms with Crippen LogP contribution in [-0.2, 0) is 6.54 Å². The number of nitrogens with one attached hydrogen (secondary N) is 1. The average Bonchev–Trinajstić information content (AvgIpc) is 2.71. The second-order valence-corrected chi connectivity index (χ2v) is 5.44. The number of aromatic nitrogens is 1. The van der Waals surface area contributed by atoms with E-state index in [-0.39, 0.29) is 11.8 Å². The van der Waals surface area contributed by atoms with E-state index in [1.54, 1.807) is 0 Å². The molecule has 1 aromatic heterocycles. The smallest absolute Gasteiger partial charge is 0.138 e. The van der Waals surface area contributed by atoms with Gasteiger partial charge in [0.2, 0.25) is 0 Å². The van der Waals surface area contributed by atoms with Gasteiger partial charge in [0.05, 0.1) is 10.2 Å². The number of halogens is 1. The number of benzene rings is 1. The number of phenolic OH excluding ortho intramolecular Hbond substituents is 1. The molecule has 0 aliphatic rings. The molecule has 5 heteroatoms. The van der Waals surface area contributed by atoms with Gasteiger partial charge in [0.25, 0.3) is 0 Å². The molecule has 1 aromatic carbocycles. The minimum Gasteiger partial charge on any atom is -0.506 e. The number of rotatable bonds is 4. The quantitative estimate of drug-likeness (QED) is 0.902. The van der Waals surface area contributed by atoms with Crippen LogP contribution < -0.4 is 5.32 Å². The van der Waals surface area contributed by atoms with Gasteiger partial charge in [0.15, 0.2) is 0 Å². The van der Waals surface area contributed by atoms with Crippen molar-refractivity contribution < 1.29 is 9.63 Å². The number of nitrogens with zero attached hydrogens (tertiary/aromatic N) is 1. The van der Waals surface area contributed by atoms with Crippen molar-refractivity contribution >= 4 is 15.9 Å². The zero-order chi connectivity index (χ0) is 14.0. The van der Waals surface area contributed by atoms with Crippen molar-refractivity contribution in [3.63, 3.8) is 0 Å². The highest BCUT2D eigenvalue weighted by atomic mass is 79.9. The molecule has 19 heavy (non-hydrogen) atoms. The first-order valence-electron chi connectivity index (χ1n) is 6.13. The summed E-state index contributed by atoms with van der Waals surface area (Å²) in [4.78, 5) is 0. The molecule has 1 heterocycles. The van der Waals surface area contributed by atoms with Crippen LogP contribution in [0, 0.1) is 13.8 Å². The molecule has 2 rings (SSSR count). The summed E-state index contributed by atoms with van der Waals surface area (Å²) >= 11 is 3.31.